The van der Waals surface area contributed by atoms with Crippen molar-refractivity contribution in [2.75, 3.05) is 19.8 Å². The molecule has 0 saturated carbocycles. The van der Waals surface area contributed by atoms with Crippen molar-refractivity contribution >= 4 is 13.7 Å². The second kappa shape index (κ2) is 26.2. The molecule has 38 heavy (non-hydrogen) atoms. The Balaban J connectivity index is 4.53. The highest BCUT2D eigenvalue weighted by Crippen LogP contribution is 2.43. The molecule has 0 aliphatic rings. The minimum atomic E-state index is -4.32. The van der Waals surface area contributed by atoms with Gasteiger partial charge in [0.25, 0.3) is 0 Å². The number of hydrogen-bond donors (Lipinski definition) is 4. The summed E-state index contributed by atoms with van der Waals surface area (Å²) in [6.45, 7) is 4.00. The van der Waals surface area contributed by atoms with Crippen LogP contribution >= 0.6 is 7.82 Å². The zero-order valence-corrected chi connectivity index (χ0v) is 25.1. The van der Waals surface area contributed by atoms with Gasteiger partial charge in [-0.15, -0.1) is 0 Å². The number of amides is 1. The van der Waals surface area contributed by atoms with Crippen LogP contribution in [0.4, 0.5) is 0 Å². The lowest BCUT2D eigenvalue weighted by Crippen LogP contribution is -2.45. The third-order valence-corrected chi connectivity index (χ3v) is 7.26. The van der Waals surface area contributed by atoms with Gasteiger partial charge in [0.1, 0.15) is 0 Å². The van der Waals surface area contributed by atoms with Crippen molar-refractivity contribution in [3.05, 3.63) is 24.3 Å². The number of carbonyl (C=O) groups is 1. The Hall–Kier alpha value is -1.02. The largest absolute Gasteiger partial charge is 0.472 e. The van der Waals surface area contributed by atoms with Crippen LogP contribution in [0.1, 0.15) is 123 Å². The molecule has 1 amide bonds. The van der Waals surface area contributed by atoms with Crippen LogP contribution in [-0.2, 0) is 18.4 Å². The molecule has 0 bridgehead atoms. The summed E-state index contributed by atoms with van der Waals surface area (Å²) in [5.74, 6) is -0.212. The third-order valence-electron chi connectivity index (χ3n) is 6.28. The monoisotopic (exact) mass is 560 g/mol. The number of carbonyl (C=O) groups excluding carboxylic acids is 1. The second-order valence-electron chi connectivity index (χ2n) is 9.96. The van der Waals surface area contributed by atoms with Crippen molar-refractivity contribution in [1.29, 1.82) is 0 Å². The Kier molecular flexibility index (Phi) is 25.5. The van der Waals surface area contributed by atoms with Crippen molar-refractivity contribution in [1.82, 2.24) is 5.32 Å². The van der Waals surface area contributed by atoms with Gasteiger partial charge in [0.15, 0.2) is 0 Å². The van der Waals surface area contributed by atoms with E-state index in [0.717, 1.165) is 38.5 Å². The average molecular weight is 561 g/mol. The summed E-state index contributed by atoms with van der Waals surface area (Å²) in [7, 11) is -4.32. The van der Waals surface area contributed by atoms with E-state index in [0.29, 0.717) is 6.42 Å². The lowest BCUT2D eigenvalue weighted by Gasteiger charge is -2.23. The van der Waals surface area contributed by atoms with Gasteiger partial charge in [-0.05, 0) is 32.1 Å². The normalized spacial score (nSPS) is 15.2. The van der Waals surface area contributed by atoms with Gasteiger partial charge in [0.2, 0.25) is 5.91 Å². The minimum Gasteiger partial charge on any atom is -0.387 e. The molecule has 3 unspecified atom stereocenters. The van der Waals surface area contributed by atoms with E-state index in [1.807, 2.05) is 6.08 Å². The van der Waals surface area contributed by atoms with Crippen molar-refractivity contribution in [3.8, 4) is 0 Å². The molecule has 0 spiro atoms. The first-order valence-electron chi connectivity index (χ1n) is 15.0. The molecule has 0 heterocycles. The topological polar surface area (TPSA) is 131 Å². The summed E-state index contributed by atoms with van der Waals surface area (Å²) < 4.78 is 21.8. The molecule has 0 rings (SSSR count). The lowest BCUT2D eigenvalue weighted by molar-refractivity contribution is -0.123. The highest BCUT2D eigenvalue weighted by atomic mass is 31.2. The Morgan fingerprint density at radius 3 is 2.03 bits per heavy atom. The molecular weight excluding hydrogens is 503 g/mol. The van der Waals surface area contributed by atoms with Crippen LogP contribution in [0.5, 0.6) is 0 Å². The fourth-order valence-electron chi connectivity index (χ4n) is 3.97. The van der Waals surface area contributed by atoms with E-state index < -0.39 is 20.0 Å². The highest BCUT2D eigenvalue weighted by Gasteiger charge is 2.26. The standard InChI is InChI=1S/C29H57N2O6P/c1-3-5-7-9-11-13-15-17-19-21-23-29(33)31-27(26-37-38(34,35)36-25-24-30)28(32)22-20-18-16-14-12-10-8-6-4-2/h12,14,20,22,27-28,32H,3-11,13,15-19,21,23-26,30H2,1-2H3,(H,31,33)(H,34,35)/b14-12+,22-20+. The fraction of sp³-hybridized carbons (Fsp3) is 0.828. The summed E-state index contributed by atoms with van der Waals surface area (Å²) in [4.78, 5) is 22.3. The molecule has 0 aromatic carbocycles. The highest BCUT2D eigenvalue weighted by molar-refractivity contribution is 7.47. The Morgan fingerprint density at radius 1 is 0.842 bits per heavy atom. The third kappa shape index (κ3) is 24.1. The number of hydrogen-bond acceptors (Lipinski definition) is 6. The molecule has 224 valence electrons. The zero-order chi connectivity index (χ0) is 28.3. The molecule has 0 radical (unpaired) electrons. The zero-order valence-electron chi connectivity index (χ0n) is 24.2. The van der Waals surface area contributed by atoms with E-state index in [2.05, 4.69) is 31.3 Å². The van der Waals surface area contributed by atoms with Crippen LogP contribution in [0.3, 0.4) is 0 Å². The van der Waals surface area contributed by atoms with E-state index >= 15 is 0 Å². The molecule has 5 N–H and O–H groups in total. The number of allylic oxidation sites excluding steroid dienone is 3. The van der Waals surface area contributed by atoms with Crippen LogP contribution in [0.2, 0.25) is 0 Å². The van der Waals surface area contributed by atoms with Crippen LogP contribution in [0.15, 0.2) is 24.3 Å². The maximum Gasteiger partial charge on any atom is 0.472 e. The Labute approximate surface area is 232 Å². The molecule has 0 aliphatic carbocycles. The number of unbranched alkanes of at least 4 members (excludes halogenated alkanes) is 13. The lowest BCUT2D eigenvalue weighted by atomic mass is 10.1. The summed E-state index contributed by atoms with van der Waals surface area (Å²) >= 11 is 0. The van der Waals surface area contributed by atoms with Gasteiger partial charge in [-0.3, -0.25) is 13.8 Å². The van der Waals surface area contributed by atoms with Gasteiger partial charge in [-0.1, -0.05) is 109 Å². The van der Waals surface area contributed by atoms with Crippen molar-refractivity contribution < 1.29 is 28.4 Å². The molecule has 0 aliphatic heterocycles. The molecule has 9 heteroatoms. The van der Waals surface area contributed by atoms with Gasteiger partial charge >= 0.3 is 7.82 Å². The van der Waals surface area contributed by atoms with E-state index in [4.69, 9.17) is 14.8 Å². The maximum atomic E-state index is 12.5. The van der Waals surface area contributed by atoms with Gasteiger partial charge in [0, 0.05) is 13.0 Å². The second-order valence-corrected chi connectivity index (χ2v) is 11.4. The SMILES string of the molecule is CCCCC/C=C/CC/C=C/C(O)C(COP(=O)(O)OCCN)NC(=O)CCCCCCCCCCCC. The summed E-state index contributed by atoms with van der Waals surface area (Å²) in [6.07, 6.45) is 25.2. The summed E-state index contributed by atoms with van der Waals surface area (Å²) in [5, 5.41) is 13.4. The van der Waals surface area contributed by atoms with E-state index in [-0.39, 0.29) is 25.7 Å². The van der Waals surface area contributed by atoms with Gasteiger partial charge in [-0.2, -0.15) is 0 Å². The van der Waals surface area contributed by atoms with Gasteiger partial charge in [-0.25, -0.2) is 4.57 Å². The quantitative estimate of drug-likeness (QED) is 0.0499. The minimum absolute atomic E-state index is 0.0747. The number of phosphoric ester groups is 1. The first-order valence-corrected chi connectivity index (χ1v) is 16.5. The average Bonchev–Trinajstić information content (AvgIpc) is 2.89. The van der Waals surface area contributed by atoms with Crippen LogP contribution in [0, 0.1) is 0 Å². The predicted octanol–water partition coefficient (Wildman–Crippen LogP) is 6.71. The van der Waals surface area contributed by atoms with Crippen LogP contribution in [0.25, 0.3) is 0 Å². The first kappa shape index (κ1) is 37.0. The Bertz CT molecular complexity index is 659. The number of nitrogens with two attached hydrogens (primary N) is 1. The molecule has 0 aromatic heterocycles. The maximum absolute atomic E-state index is 12.5. The van der Waals surface area contributed by atoms with E-state index in [1.165, 1.54) is 64.2 Å². The molecule has 0 saturated heterocycles. The van der Waals surface area contributed by atoms with E-state index in [9.17, 15) is 19.4 Å². The van der Waals surface area contributed by atoms with Crippen molar-refractivity contribution in [2.24, 2.45) is 5.73 Å². The fourth-order valence-corrected chi connectivity index (χ4v) is 4.73. The molecule has 0 fully saturated rings. The van der Waals surface area contributed by atoms with Gasteiger partial charge < -0.3 is 21.1 Å². The number of aliphatic hydroxyl groups is 1. The number of phosphoric acid groups is 1. The smallest absolute Gasteiger partial charge is 0.387 e. The Morgan fingerprint density at radius 2 is 1.39 bits per heavy atom. The molecule has 0 aromatic rings. The predicted molar refractivity (Wildman–Crippen MR) is 157 cm³/mol. The first-order chi connectivity index (χ1) is 18.4. The molecule has 8 nitrogen and oxygen atoms in total. The van der Waals surface area contributed by atoms with Crippen LogP contribution in [-0.4, -0.2) is 47.8 Å². The molecular formula is C29H57N2O6P. The van der Waals surface area contributed by atoms with Crippen molar-refractivity contribution in [2.45, 2.75) is 135 Å². The molecule has 3 atom stereocenters. The van der Waals surface area contributed by atoms with E-state index in [1.54, 1.807) is 6.08 Å². The number of aliphatic hydroxyl groups excluding tert-OH is 1. The van der Waals surface area contributed by atoms with Crippen LogP contribution < -0.4 is 11.1 Å². The summed E-state index contributed by atoms with van der Waals surface area (Å²) in [6, 6.07) is -0.867. The number of rotatable bonds is 27. The van der Waals surface area contributed by atoms with Crippen molar-refractivity contribution in [3.63, 3.8) is 0 Å². The number of nitrogens with one attached hydrogen (secondary N) is 1. The summed E-state index contributed by atoms with van der Waals surface area (Å²) in [5.41, 5.74) is 5.31. The van der Waals surface area contributed by atoms with Gasteiger partial charge in [0.05, 0.1) is 25.4 Å².